The minimum Gasteiger partial charge on any atom is -0.497 e. The molecule has 0 aliphatic carbocycles. The molecule has 0 amide bonds. The number of benzene rings is 2. The third kappa shape index (κ3) is 4.84. The van der Waals surface area contributed by atoms with Gasteiger partial charge in [-0.2, -0.15) is 0 Å². The van der Waals surface area contributed by atoms with Gasteiger partial charge in [0, 0.05) is 18.5 Å². The molecule has 1 unspecified atom stereocenters. The number of hydrogen-bond donors (Lipinski definition) is 0. The number of methoxy groups -OCH3 is 2. The topological polar surface area (TPSA) is 21.7 Å². The highest BCUT2D eigenvalue weighted by atomic mass is 16.5. The van der Waals surface area contributed by atoms with Crippen LogP contribution in [0.15, 0.2) is 48.5 Å². The lowest BCUT2D eigenvalue weighted by atomic mass is 9.75. The molecule has 146 valence electrons. The van der Waals surface area contributed by atoms with E-state index in [1.807, 2.05) is 6.07 Å². The second-order valence-electron chi connectivity index (χ2n) is 7.74. The highest BCUT2D eigenvalue weighted by molar-refractivity contribution is 5.35. The third-order valence-corrected chi connectivity index (χ3v) is 6.00. The third-order valence-electron chi connectivity index (χ3n) is 6.00. The molecule has 3 rings (SSSR count). The van der Waals surface area contributed by atoms with Gasteiger partial charge >= 0.3 is 0 Å². The zero-order chi connectivity index (χ0) is 19.1. The highest BCUT2D eigenvalue weighted by Crippen LogP contribution is 2.40. The van der Waals surface area contributed by atoms with Gasteiger partial charge in [-0.3, -0.25) is 0 Å². The Morgan fingerprint density at radius 3 is 2.48 bits per heavy atom. The van der Waals surface area contributed by atoms with Crippen LogP contribution in [0.4, 0.5) is 0 Å². The Balaban J connectivity index is 1.67. The van der Waals surface area contributed by atoms with Crippen molar-refractivity contribution in [2.45, 2.75) is 44.4 Å². The fourth-order valence-corrected chi connectivity index (χ4v) is 4.28. The molecule has 1 aliphatic heterocycles. The van der Waals surface area contributed by atoms with Gasteiger partial charge in [-0.05, 0) is 61.2 Å². The highest BCUT2D eigenvalue weighted by Gasteiger charge is 2.38. The standard InChI is InChI=1S/C24H33NO2/c1-4-5-14-24(21-7-6-8-23(18-21)27-3)15-17-25(19-24)16-13-20-9-11-22(26-2)12-10-20/h6-12,18H,4-5,13-17,19H2,1-3H3. The molecule has 27 heavy (non-hydrogen) atoms. The molecule has 2 aromatic carbocycles. The zero-order valence-electron chi connectivity index (χ0n) is 17.0. The largest absolute Gasteiger partial charge is 0.497 e. The van der Waals surface area contributed by atoms with Crippen LogP contribution in [0.2, 0.25) is 0 Å². The van der Waals surface area contributed by atoms with E-state index in [-0.39, 0.29) is 5.41 Å². The first-order chi connectivity index (χ1) is 13.2. The van der Waals surface area contributed by atoms with Gasteiger partial charge in [-0.1, -0.05) is 44.0 Å². The van der Waals surface area contributed by atoms with E-state index >= 15 is 0 Å². The molecule has 3 nitrogen and oxygen atoms in total. The van der Waals surface area contributed by atoms with E-state index in [0.717, 1.165) is 31.0 Å². The molecule has 1 saturated heterocycles. The summed E-state index contributed by atoms with van der Waals surface area (Å²) >= 11 is 0. The van der Waals surface area contributed by atoms with Gasteiger partial charge in [-0.25, -0.2) is 0 Å². The predicted molar refractivity (Wildman–Crippen MR) is 112 cm³/mol. The van der Waals surface area contributed by atoms with E-state index in [0.29, 0.717) is 0 Å². The first-order valence-corrected chi connectivity index (χ1v) is 10.2. The molecule has 0 radical (unpaired) electrons. The maximum Gasteiger partial charge on any atom is 0.119 e. The van der Waals surface area contributed by atoms with Gasteiger partial charge in [0.1, 0.15) is 11.5 Å². The van der Waals surface area contributed by atoms with E-state index in [4.69, 9.17) is 9.47 Å². The molecule has 0 N–H and O–H groups in total. The number of hydrogen-bond acceptors (Lipinski definition) is 3. The summed E-state index contributed by atoms with van der Waals surface area (Å²) in [7, 11) is 3.47. The van der Waals surface area contributed by atoms with Crippen LogP contribution in [0, 0.1) is 0 Å². The maximum absolute atomic E-state index is 5.49. The minimum absolute atomic E-state index is 0.268. The second-order valence-corrected chi connectivity index (χ2v) is 7.74. The van der Waals surface area contributed by atoms with Gasteiger partial charge in [0.2, 0.25) is 0 Å². The normalized spacial score (nSPS) is 20.0. The van der Waals surface area contributed by atoms with Gasteiger partial charge in [0.05, 0.1) is 14.2 Å². The van der Waals surface area contributed by atoms with Crippen LogP contribution < -0.4 is 9.47 Å². The molecular weight excluding hydrogens is 334 g/mol. The summed E-state index contributed by atoms with van der Waals surface area (Å²) in [4.78, 5) is 2.64. The average Bonchev–Trinajstić information content (AvgIpc) is 3.16. The lowest BCUT2D eigenvalue weighted by Crippen LogP contribution is -2.32. The lowest BCUT2D eigenvalue weighted by molar-refractivity contribution is 0.302. The van der Waals surface area contributed by atoms with Crippen molar-refractivity contribution < 1.29 is 9.47 Å². The van der Waals surface area contributed by atoms with Crippen molar-refractivity contribution in [1.82, 2.24) is 4.90 Å². The first kappa shape index (κ1) is 19.8. The number of likely N-dealkylation sites (tertiary alicyclic amines) is 1. The smallest absolute Gasteiger partial charge is 0.119 e. The van der Waals surface area contributed by atoms with E-state index in [1.54, 1.807) is 14.2 Å². The summed E-state index contributed by atoms with van der Waals surface area (Å²) < 4.78 is 10.8. The second kappa shape index (κ2) is 9.27. The monoisotopic (exact) mass is 367 g/mol. The van der Waals surface area contributed by atoms with Gasteiger partial charge in [0.15, 0.2) is 0 Å². The molecule has 2 aromatic rings. The quantitative estimate of drug-likeness (QED) is 0.617. The number of rotatable bonds is 9. The SMILES string of the molecule is CCCCC1(c2cccc(OC)c2)CCN(CCc2ccc(OC)cc2)C1. The Hall–Kier alpha value is -2.00. The molecule has 3 heteroatoms. The Kier molecular flexibility index (Phi) is 6.78. The molecule has 1 heterocycles. The van der Waals surface area contributed by atoms with Crippen molar-refractivity contribution >= 4 is 0 Å². The van der Waals surface area contributed by atoms with Crippen molar-refractivity contribution in [3.8, 4) is 11.5 Å². The van der Waals surface area contributed by atoms with Crippen molar-refractivity contribution in [3.05, 3.63) is 59.7 Å². The van der Waals surface area contributed by atoms with E-state index in [9.17, 15) is 0 Å². The van der Waals surface area contributed by atoms with Gasteiger partial charge in [-0.15, -0.1) is 0 Å². The summed E-state index contributed by atoms with van der Waals surface area (Å²) in [6, 6.07) is 17.2. The molecule has 0 spiro atoms. The summed E-state index contributed by atoms with van der Waals surface area (Å²) in [5.41, 5.74) is 3.09. The fraction of sp³-hybridized carbons (Fsp3) is 0.500. The van der Waals surface area contributed by atoms with Crippen LogP contribution in [0.3, 0.4) is 0 Å². The molecule has 1 aliphatic rings. The Morgan fingerprint density at radius 2 is 1.78 bits per heavy atom. The van der Waals surface area contributed by atoms with Crippen molar-refractivity contribution in [2.24, 2.45) is 0 Å². The maximum atomic E-state index is 5.49. The zero-order valence-corrected chi connectivity index (χ0v) is 17.0. The average molecular weight is 368 g/mol. The Morgan fingerprint density at radius 1 is 1.00 bits per heavy atom. The number of nitrogens with zero attached hydrogens (tertiary/aromatic N) is 1. The van der Waals surface area contributed by atoms with Crippen LogP contribution in [0.5, 0.6) is 11.5 Å². The molecule has 1 atom stereocenters. The summed E-state index contributed by atoms with van der Waals surface area (Å²) in [6.45, 7) is 5.73. The fourth-order valence-electron chi connectivity index (χ4n) is 4.28. The van der Waals surface area contributed by atoms with Gasteiger partial charge < -0.3 is 14.4 Å². The summed E-state index contributed by atoms with van der Waals surface area (Å²) in [5, 5.41) is 0. The summed E-state index contributed by atoms with van der Waals surface area (Å²) in [5.74, 6) is 1.90. The van der Waals surface area contributed by atoms with Crippen LogP contribution in [0.25, 0.3) is 0 Å². The number of unbranched alkanes of at least 4 members (excludes halogenated alkanes) is 1. The van der Waals surface area contributed by atoms with Gasteiger partial charge in [0.25, 0.3) is 0 Å². The van der Waals surface area contributed by atoms with Crippen LogP contribution >= 0.6 is 0 Å². The molecule has 1 fully saturated rings. The van der Waals surface area contributed by atoms with Crippen molar-refractivity contribution in [3.63, 3.8) is 0 Å². The molecule has 0 aromatic heterocycles. The minimum atomic E-state index is 0.268. The predicted octanol–water partition coefficient (Wildman–Crippen LogP) is 5.08. The van der Waals surface area contributed by atoms with Crippen molar-refractivity contribution in [2.75, 3.05) is 33.9 Å². The molecule has 0 bridgehead atoms. The van der Waals surface area contributed by atoms with Crippen molar-refractivity contribution in [1.29, 1.82) is 0 Å². The van der Waals surface area contributed by atoms with E-state index in [2.05, 4.69) is 54.3 Å². The van der Waals surface area contributed by atoms with Crippen LogP contribution in [-0.2, 0) is 11.8 Å². The van der Waals surface area contributed by atoms with Crippen LogP contribution in [0.1, 0.15) is 43.7 Å². The molecular formula is C24H33NO2. The van der Waals surface area contributed by atoms with E-state index < -0.39 is 0 Å². The Labute approximate surface area is 164 Å². The van der Waals surface area contributed by atoms with E-state index in [1.165, 1.54) is 43.4 Å². The number of ether oxygens (including phenoxy) is 2. The lowest BCUT2D eigenvalue weighted by Gasteiger charge is -2.31. The first-order valence-electron chi connectivity index (χ1n) is 10.2. The Bertz CT molecular complexity index is 713. The molecule has 0 saturated carbocycles. The summed E-state index contributed by atoms with van der Waals surface area (Å²) in [6.07, 6.45) is 6.12. The van der Waals surface area contributed by atoms with Crippen LogP contribution in [-0.4, -0.2) is 38.8 Å².